The van der Waals surface area contributed by atoms with Crippen molar-refractivity contribution in [2.24, 2.45) is 0 Å². The minimum Gasteiger partial charge on any atom is -0.311 e. The lowest BCUT2D eigenvalue weighted by atomic mass is 10.1. The van der Waals surface area contributed by atoms with E-state index in [4.69, 9.17) is 0 Å². The summed E-state index contributed by atoms with van der Waals surface area (Å²) in [5, 5.41) is 10.8. The monoisotopic (exact) mass is 420 g/mol. The summed E-state index contributed by atoms with van der Waals surface area (Å²) in [6.45, 7) is 4.18. The maximum atomic E-state index is 10.8. The summed E-state index contributed by atoms with van der Waals surface area (Å²) in [7, 11) is 0. The minimum absolute atomic E-state index is 0.0961. The Balaban J connectivity index is 1.60. The SMILES string of the molecule is Cc1ccc(N(c2ccc(C)cc2)c2ccc(/C=C/c3ccc([N+](=O)[O-])cc3)cc2)cc1. The predicted octanol–water partition coefficient (Wildman–Crippen LogP) is 7.85. The first-order valence-electron chi connectivity index (χ1n) is 10.5. The van der Waals surface area contributed by atoms with Crippen LogP contribution >= 0.6 is 0 Å². The van der Waals surface area contributed by atoms with Gasteiger partial charge in [0.1, 0.15) is 0 Å². The first-order valence-corrected chi connectivity index (χ1v) is 10.5. The summed E-state index contributed by atoms with van der Waals surface area (Å²) in [6, 6.07) is 31.9. The summed E-state index contributed by atoms with van der Waals surface area (Å²) in [6.07, 6.45) is 3.96. The van der Waals surface area contributed by atoms with Gasteiger partial charge in [0.05, 0.1) is 4.92 Å². The number of non-ortho nitro benzene ring substituents is 1. The Morgan fingerprint density at radius 1 is 0.594 bits per heavy atom. The van der Waals surface area contributed by atoms with Gasteiger partial charge in [0.15, 0.2) is 0 Å². The molecule has 4 aromatic rings. The van der Waals surface area contributed by atoms with Crippen molar-refractivity contribution in [3.05, 3.63) is 129 Å². The number of benzene rings is 4. The molecule has 0 saturated heterocycles. The first-order chi connectivity index (χ1) is 15.5. The highest BCUT2D eigenvalue weighted by molar-refractivity contribution is 5.78. The molecule has 4 aromatic carbocycles. The van der Waals surface area contributed by atoms with E-state index in [1.165, 1.54) is 23.3 Å². The smallest absolute Gasteiger partial charge is 0.269 e. The van der Waals surface area contributed by atoms with E-state index in [-0.39, 0.29) is 10.6 Å². The van der Waals surface area contributed by atoms with Crippen LogP contribution in [-0.4, -0.2) is 4.92 Å². The van der Waals surface area contributed by atoms with E-state index in [0.29, 0.717) is 0 Å². The lowest BCUT2D eigenvalue weighted by Gasteiger charge is -2.25. The summed E-state index contributed by atoms with van der Waals surface area (Å²) in [5.74, 6) is 0. The Bertz CT molecular complexity index is 1180. The van der Waals surface area contributed by atoms with Crippen molar-refractivity contribution in [1.82, 2.24) is 0 Å². The third kappa shape index (κ3) is 4.93. The zero-order chi connectivity index (χ0) is 22.5. The number of anilines is 3. The van der Waals surface area contributed by atoms with Crippen molar-refractivity contribution in [1.29, 1.82) is 0 Å². The topological polar surface area (TPSA) is 46.4 Å². The van der Waals surface area contributed by atoms with E-state index in [1.54, 1.807) is 12.1 Å². The Labute approximate surface area is 188 Å². The lowest BCUT2D eigenvalue weighted by Crippen LogP contribution is -2.09. The maximum Gasteiger partial charge on any atom is 0.269 e. The largest absolute Gasteiger partial charge is 0.311 e. The van der Waals surface area contributed by atoms with E-state index in [1.807, 2.05) is 12.2 Å². The quantitative estimate of drug-likeness (QED) is 0.181. The summed E-state index contributed by atoms with van der Waals surface area (Å²) >= 11 is 0. The third-order valence-electron chi connectivity index (χ3n) is 5.31. The van der Waals surface area contributed by atoms with E-state index in [9.17, 15) is 10.1 Å². The van der Waals surface area contributed by atoms with Crippen LogP contribution in [-0.2, 0) is 0 Å². The molecule has 0 atom stereocenters. The molecule has 0 saturated carbocycles. The fourth-order valence-electron chi connectivity index (χ4n) is 3.47. The number of rotatable bonds is 6. The molecule has 0 unspecified atom stereocenters. The molecule has 0 bridgehead atoms. The molecule has 0 spiro atoms. The minimum atomic E-state index is -0.389. The molecule has 0 N–H and O–H groups in total. The summed E-state index contributed by atoms with van der Waals surface area (Å²) < 4.78 is 0. The fraction of sp³-hybridized carbons (Fsp3) is 0.0714. The van der Waals surface area contributed by atoms with Crippen molar-refractivity contribution < 1.29 is 4.92 Å². The van der Waals surface area contributed by atoms with Crippen molar-refractivity contribution in [3.8, 4) is 0 Å². The molecule has 0 amide bonds. The summed E-state index contributed by atoms with van der Waals surface area (Å²) in [5.41, 5.74) is 7.81. The van der Waals surface area contributed by atoms with Crippen LogP contribution in [0.5, 0.6) is 0 Å². The molecular formula is C28H24N2O2. The summed E-state index contributed by atoms with van der Waals surface area (Å²) in [4.78, 5) is 12.7. The van der Waals surface area contributed by atoms with Gasteiger partial charge in [-0.05, 0) is 73.5 Å². The van der Waals surface area contributed by atoms with Crippen LogP contribution in [0.4, 0.5) is 22.7 Å². The highest BCUT2D eigenvalue weighted by atomic mass is 16.6. The molecule has 32 heavy (non-hydrogen) atoms. The second kappa shape index (κ2) is 9.31. The van der Waals surface area contributed by atoms with Gasteiger partial charge in [0.2, 0.25) is 0 Å². The highest BCUT2D eigenvalue weighted by Gasteiger charge is 2.12. The zero-order valence-corrected chi connectivity index (χ0v) is 18.1. The van der Waals surface area contributed by atoms with Gasteiger partial charge in [-0.2, -0.15) is 0 Å². The van der Waals surface area contributed by atoms with Gasteiger partial charge in [-0.1, -0.05) is 59.7 Å². The van der Waals surface area contributed by atoms with Crippen LogP contribution < -0.4 is 4.90 Å². The highest BCUT2D eigenvalue weighted by Crippen LogP contribution is 2.34. The van der Waals surface area contributed by atoms with Gasteiger partial charge in [-0.25, -0.2) is 0 Å². The van der Waals surface area contributed by atoms with Gasteiger partial charge in [-0.15, -0.1) is 0 Å². The van der Waals surface area contributed by atoms with E-state index in [0.717, 1.165) is 28.2 Å². The Hall–Kier alpha value is -4.18. The maximum absolute atomic E-state index is 10.8. The number of nitrogens with zero attached hydrogens (tertiary/aromatic N) is 2. The molecule has 0 aliphatic carbocycles. The van der Waals surface area contributed by atoms with Crippen molar-refractivity contribution >= 4 is 34.9 Å². The standard InChI is InChI=1S/C28H24N2O2/c1-21-3-13-25(14-4-21)29(26-15-5-22(2)6-16-26)27-17-9-23(10-18-27)7-8-24-11-19-28(20-12-24)30(31)32/h3-20H,1-2H3/b8-7+. The van der Waals surface area contributed by atoms with Crippen LogP contribution in [0, 0.1) is 24.0 Å². The van der Waals surface area contributed by atoms with Gasteiger partial charge in [0, 0.05) is 29.2 Å². The predicted molar refractivity (Wildman–Crippen MR) is 133 cm³/mol. The Morgan fingerprint density at radius 3 is 1.31 bits per heavy atom. The van der Waals surface area contributed by atoms with Crippen molar-refractivity contribution in [3.63, 3.8) is 0 Å². The molecule has 4 nitrogen and oxygen atoms in total. The molecule has 0 radical (unpaired) electrons. The first kappa shape index (κ1) is 21.1. The lowest BCUT2D eigenvalue weighted by molar-refractivity contribution is -0.384. The molecule has 4 heteroatoms. The van der Waals surface area contributed by atoms with Crippen LogP contribution in [0.25, 0.3) is 12.2 Å². The number of nitro groups is 1. The van der Waals surface area contributed by atoms with E-state index in [2.05, 4.69) is 91.5 Å². The van der Waals surface area contributed by atoms with Gasteiger partial charge < -0.3 is 4.90 Å². The van der Waals surface area contributed by atoms with Crippen LogP contribution in [0.1, 0.15) is 22.3 Å². The third-order valence-corrected chi connectivity index (χ3v) is 5.31. The van der Waals surface area contributed by atoms with Crippen molar-refractivity contribution in [2.45, 2.75) is 13.8 Å². The molecule has 4 rings (SSSR count). The molecule has 0 aromatic heterocycles. The average Bonchev–Trinajstić information content (AvgIpc) is 2.81. The van der Waals surface area contributed by atoms with E-state index < -0.39 is 0 Å². The molecule has 0 heterocycles. The molecule has 0 fully saturated rings. The number of hydrogen-bond acceptors (Lipinski definition) is 3. The normalized spacial score (nSPS) is 10.9. The zero-order valence-electron chi connectivity index (χ0n) is 18.1. The van der Waals surface area contributed by atoms with Gasteiger partial charge in [0.25, 0.3) is 5.69 Å². The Kier molecular flexibility index (Phi) is 6.13. The van der Waals surface area contributed by atoms with Crippen LogP contribution in [0.2, 0.25) is 0 Å². The number of nitro benzene ring substituents is 1. The van der Waals surface area contributed by atoms with Crippen LogP contribution in [0.3, 0.4) is 0 Å². The fourth-order valence-corrected chi connectivity index (χ4v) is 3.47. The number of hydrogen-bond donors (Lipinski definition) is 0. The second-order valence-corrected chi connectivity index (χ2v) is 7.78. The molecule has 0 aliphatic heterocycles. The van der Waals surface area contributed by atoms with Gasteiger partial charge in [-0.3, -0.25) is 10.1 Å². The molecule has 158 valence electrons. The Morgan fingerprint density at radius 2 is 0.938 bits per heavy atom. The number of aryl methyl sites for hydroxylation is 2. The van der Waals surface area contributed by atoms with Crippen LogP contribution in [0.15, 0.2) is 97.1 Å². The van der Waals surface area contributed by atoms with Crippen molar-refractivity contribution in [2.75, 3.05) is 4.90 Å². The second-order valence-electron chi connectivity index (χ2n) is 7.78. The van der Waals surface area contributed by atoms with E-state index >= 15 is 0 Å². The average molecular weight is 421 g/mol. The van der Waals surface area contributed by atoms with Gasteiger partial charge >= 0.3 is 0 Å². The molecular weight excluding hydrogens is 396 g/mol. The molecule has 0 aliphatic rings.